The van der Waals surface area contributed by atoms with Crippen LogP contribution in [-0.2, 0) is 4.79 Å². The monoisotopic (exact) mass is 371 g/mol. The number of hydrogen-bond acceptors (Lipinski definition) is 5. The van der Waals surface area contributed by atoms with Crippen LogP contribution < -0.4 is 15.4 Å². The fourth-order valence-electron chi connectivity index (χ4n) is 2.23. The SMILES string of the molecule is CC(C)NC(=O)c1cccc(NC(=O)C(C)Oc2ccc([N+](=O)[O-])cc2)c1. The molecule has 2 aromatic carbocycles. The van der Waals surface area contributed by atoms with Gasteiger partial charge in [0, 0.05) is 29.4 Å². The molecule has 0 fully saturated rings. The highest BCUT2D eigenvalue weighted by Crippen LogP contribution is 2.19. The lowest BCUT2D eigenvalue weighted by molar-refractivity contribution is -0.384. The van der Waals surface area contributed by atoms with E-state index in [0.717, 1.165) is 0 Å². The molecule has 0 radical (unpaired) electrons. The van der Waals surface area contributed by atoms with Gasteiger partial charge in [0.15, 0.2) is 6.10 Å². The molecule has 1 unspecified atom stereocenters. The number of nitrogens with one attached hydrogen (secondary N) is 2. The molecule has 0 saturated heterocycles. The predicted octanol–water partition coefficient (Wildman–Crippen LogP) is 3.14. The van der Waals surface area contributed by atoms with E-state index in [1.54, 1.807) is 31.2 Å². The Bertz CT molecular complexity index is 833. The van der Waals surface area contributed by atoms with Gasteiger partial charge in [-0.2, -0.15) is 0 Å². The summed E-state index contributed by atoms with van der Waals surface area (Å²) in [5, 5.41) is 16.1. The molecule has 0 saturated carbocycles. The number of hydrogen-bond donors (Lipinski definition) is 2. The minimum atomic E-state index is -0.834. The fraction of sp³-hybridized carbons (Fsp3) is 0.263. The van der Waals surface area contributed by atoms with Crippen LogP contribution in [0.25, 0.3) is 0 Å². The molecule has 8 heteroatoms. The third-order valence-corrected chi connectivity index (χ3v) is 3.54. The van der Waals surface area contributed by atoms with Gasteiger partial charge in [0.05, 0.1) is 4.92 Å². The number of rotatable bonds is 7. The number of nitrogens with zero attached hydrogens (tertiary/aromatic N) is 1. The summed E-state index contributed by atoms with van der Waals surface area (Å²) in [6.45, 7) is 5.29. The van der Waals surface area contributed by atoms with Crippen LogP contribution in [0.2, 0.25) is 0 Å². The van der Waals surface area contributed by atoms with Gasteiger partial charge < -0.3 is 15.4 Å². The van der Waals surface area contributed by atoms with Crippen LogP contribution in [0.4, 0.5) is 11.4 Å². The average molecular weight is 371 g/mol. The molecule has 0 bridgehead atoms. The quantitative estimate of drug-likeness (QED) is 0.574. The maximum absolute atomic E-state index is 12.3. The molecule has 0 heterocycles. The molecule has 8 nitrogen and oxygen atoms in total. The molecule has 0 aromatic heterocycles. The van der Waals surface area contributed by atoms with Crippen molar-refractivity contribution in [2.24, 2.45) is 0 Å². The van der Waals surface area contributed by atoms with E-state index in [4.69, 9.17) is 4.74 Å². The van der Waals surface area contributed by atoms with Crippen LogP contribution in [0.1, 0.15) is 31.1 Å². The summed E-state index contributed by atoms with van der Waals surface area (Å²) in [6, 6.07) is 12.0. The average Bonchev–Trinajstić information content (AvgIpc) is 2.61. The summed E-state index contributed by atoms with van der Waals surface area (Å²) in [4.78, 5) is 34.5. The highest BCUT2D eigenvalue weighted by atomic mass is 16.6. The first-order valence-corrected chi connectivity index (χ1v) is 8.39. The maximum Gasteiger partial charge on any atom is 0.269 e. The van der Waals surface area contributed by atoms with Crippen molar-refractivity contribution >= 4 is 23.2 Å². The molecular formula is C19H21N3O5. The van der Waals surface area contributed by atoms with Crippen LogP contribution >= 0.6 is 0 Å². The highest BCUT2D eigenvalue weighted by molar-refractivity contribution is 5.98. The summed E-state index contributed by atoms with van der Waals surface area (Å²) in [7, 11) is 0. The second-order valence-corrected chi connectivity index (χ2v) is 6.21. The number of carbonyl (C=O) groups excluding carboxylic acids is 2. The summed E-state index contributed by atoms with van der Waals surface area (Å²) < 4.78 is 5.50. The van der Waals surface area contributed by atoms with Gasteiger partial charge in [-0.3, -0.25) is 19.7 Å². The summed E-state index contributed by atoms with van der Waals surface area (Å²) in [6.07, 6.45) is -0.834. The van der Waals surface area contributed by atoms with E-state index in [0.29, 0.717) is 17.0 Å². The molecule has 2 aromatic rings. The minimum Gasteiger partial charge on any atom is -0.481 e. The van der Waals surface area contributed by atoms with Gasteiger partial charge in [-0.05, 0) is 51.1 Å². The molecule has 0 aliphatic heterocycles. The molecule has 0 aliphatic carbocycles. The zero-order chi connectivity index (χ0) is 20.0. The maximum atomic E-state index is 12.3. The van der Waals surface area contributed by atoms with Crippen molar-refractivity contribution in [2.75, 3.05) is 5.32 Å². The first-order chi connectivity index (χ1) is 12.8. The largest absolute Gasteiger partial charge is 0.481 e. The Morgan fingerprint density at radius 1 is 1.07 bits per heavy atom. The molecule has 0 spiro atoms. The van der Waals surface area contributed by atoms with E-state index in [2.05, 4.69) is 10.6 Å². The van der Waals surface area contributed by atoms with E-state index in [1.165, 1.54) is 24.3 Å². The number of anilines is 1. The van der Waals surface area contributed by atoms with Crippen molar-refractivity contribution in [3.05, 3.63) is 64.2 Å². The van der Waals surface area contributed by atoms with Crippen LogP contribution in [0.3, 0.4) is 0 Å². The minimum absolute atomic E-state index is 0.00543. The lowest BCUT2D eigenvalue weighted by Gasteiger charge is -2.15. The van der Waals surface area contributed by atoms with Gasteiger partial charge in [0.1, 0.15) is 5.75 Å². The normalized spacial score (nSPS) is 11.6. The van der Waals surface area contributed by atoms with Crippen molar-refractivity contribution in [2.45, 2.75) is 32.9 Å². The first kappa shape index (κ1) is 19.9. The molecule has 2 rings (SSSR count). The standard InChI is InChI=1S/C19H21N3O5/c1-12(2)20-19(24)14-5-4-6-15(11-14)21-18(23)13(3)27-17-9-7-16(8-10-17)22(25)26/h4-13H,1-3H3,(H,20,24)(H,21,23). The van der Waals surface area contributed by atoms with Gasteiger partial charge in [-0.25, -0.2) is 0 Å². The Hall–Kier alpha value is -3.42. The molecule has 0 aliphatic rings. The van der Waals surface area contributed by atoms with Gasteiger partial charge >= 0.3 is 0 Å². The lowest BCUT2D eigenvalue weighted by atomic mass is 10.1. The van der Waals surface area contributed by atoms with Crippen molar-refractivity contribution in [1.29, 1.82) is 0 Å². The zero-order valence-electron chi connectivity index (χ0n) is 15.3. The summed E-state index contributed by atoms with van der Waals surface area (Å²) in [5.41, 5.74) is 0.844. The van der Waals surface area contributed by atoms with Gasteiger partial charge in [-0.15, -0.1) is 0 Å². The third-order valence-electron chi connectivity index (χ3n) is 3.54. The fourth-order valence-corrected chi connectivity index (χ4v) is 2.23. The molecule has 2 amide bonds. The molecule has 27 heavy (non-hydrogen) atoms. The topological polar surface area (TPSA) is 111 Å². The first-order valence-electron chi connectivity index (χ1n) is 8.39. The van der Waals surface area contributed by atoms with Crippen LogP contribution in [0, 0.1) is 10.1 Å². The van der Waals surface area contributed by atoms with Gasteiger partial charge in [-0.1, -0.05) is 6.07 Å². The van der Waals surface area contributed by atoms with Gasteiger partial charge in [0.2, 0.25) is 0 Å². The van der Waals surface area contributed by atoms with Crippen molar-refractivity contribution in [3.63, 3.8) is 0 Å². The number of carbonyl (C=O) groups is 2. The smallest absolute Gasteiger partial charge is 0.269 e. The molecular weight excluding hydrogens is 350 g/mol. The van der Waals surface area contributed by atoms with Crippen molar-refractivity contribution in [3.8, 4) is 5.75 Å². The number of nitro benzene ring substituents is 1. The molecule has 142 valence electrons. The van der Waals surface area contributed by atoms with E-state index < -0.39 is 16.9 Å². The van der Waals surface area contributed by atoms with E-state index in [-0.39, 0.29) is 17.6 Å². The third kappa shape index (κ3) is 5.81. The highest BCUT2D eigenvalue weighted by Gasteiger charge is 2.16. The Labute approximate surface area is 156 Å². The van der Waals surface area contributed by atoms with E-state index >= 15 is 0 Å². The Balaban J connectivity index is 1.99. The Morgan fingerprint density at radius 3 is 2.33 bits per heavy atom. The lowest BCUT2D eigenvalue weighted by Crippen LogP contribution is -2.31. The number of non-ortho nitro benzene ring substituents is 1. The van der Waals surface area contributed by atoms with Crippen molar-refractivity contribution in [1.82, 2.24) is 5.32 Å². The second kappa shape index (κ2) is 8.79. The molecule has 1 atom stereocenters. The summed E-state index contributed by atoms with van der Waals surface area (Å²) >= 11 is 0. The molecule has 2 N–H and O–H groups in total. The van der Waals surface area contributed by atoms with E-state index in [9.17, 15) is 19.7 Å². The number of amides is 2. The Kier molecular flexibility index (Phi) is 6.48. The van der Waals surface area contributed by atoms with E-state index in [1.807, 2.05) is 13.8 Å². The zero-order valence-corrected chi connectivity index (χ0v) is 15.3. The number of benzene rings is 2. The number of ether oxygens (including phenoxy) is 1. The Morgan fingerprint density at radius 2 is 1.74 bits per heavy atom. The summed E-state index contributed by atoms with van der Waals surface area (Å²) in [5.74, 6) is -0.292. The second-order valence-electron chi connectivity index (χ2n) is 6.21. The van der Waals surface area contributed by atoms with Crippen molar-refractivity contribution < 1.29 is 19.2 Å². The number of nitro groups is 1. The van der Waals surface area contributed by atoms with Crippen LogP contribution in [-0.4, -0.2) is 28.9 Å². The van der Waals surface area contributed by atoms with Crippen LogP contribution in [0.15, 0.2) is 48.5 Å². The predicted molar refractivity (Wildman–Crippen MR) is 101 cm³/mol. The van der Waals surface area contributed by atoms with Gasteiger partial charge in [0.25, 0.3) is 17.5 Å². The van der Waals surface area contributed by atoms with Crippen LogP contribution in [0.5, 0.6) is 5.75 Å².